The van der Waals surface area contributed by atoms with E-state index in [1.807, 2.05) is 0 Å². The Hall–Kier alpha value is -0.0400. The van der Waals surface area contributed by atoms with Crippen molar-refractivity contribution in [3.63, 3.8) is 0 Å². The van der Waals surface area contributed by atoms with Crippen LogP contribution >= 0.6 is 0 Å². The highest BCUT2D eigenvalue weighted by Gasteiger charge is 2.35. The SMILES string of the molecule is CCCC1(C)CCCC(C)(N)C1. The molecule has 0 aromatic carbocycles. The van der Waals surface area contributed by atoms with E-state index < -0.39 is 0 Å². The Morgan fingerprint density at radius 1 is 1.25 bits per heavy atom. The van der Waals surface area contributed by atoms with E-state index in [1.54, 1.807) is 0 Å². The fraction of sp³-hybridized carbons (Fsp3) is 1.00. The van der Waals surface area contributed by atoms with Gasteiger partial charge in [0.15, 0.2) is 0 Å². The van der Waals surface area contributed by atoms with Gasteiger partial charge in [-0.05, 0) is 38.0 Å². The van der Waals surface area contributed by atoms with Crippen LogP contribution in [-0.4, -0.2) is 5.54 Å². The van der Waals surface area contributed by atoms with E-state index >= 15 is 0 Å². The van der Waals surface area contributed by atoms with Crippen LogP contribution in [-0.2, 0) is 0 Å². The summed E-state index contributed by atoms with van der Waals surface area (Å²) in [7, 11) is 0. The van der Waals surface area contributed by atoms with Crippen molar-refractivity contribution in [2.24, 2.45) is 11.1 Å². The molecule has 1 nitrogen and oxygen atoms in total. The van der Waals surface area contributed by atoms with E-state index in [4.69, 9.17) is 5.73 Å². The molecule has 0 aliphatic heterocycles. The molecule has 12 heavy (non-hydrogen) atoms. The van der Waals surface area contributed by atoms with Crippen LogP contribution in [0, 0.1) is 5.41 Å². The van der Waals surface area contributed by atoms with Crippen molar-refractivity contribution < 1.29 is 0 Å². The zero-order chi connectivity index (χ0) is 9.24. The number of nitrogens with two attached hydrogens (primary N) is 1. The molecule has 0 spiro atoms. The van der Waals surface area contributed by atoms with Gasteiger partial charge < -0.3 is 5.73 Å². The molecule has 0 amide bonds. The minimum absolute atomic E-state index is 0.113. The smallest absolute Gasteiger partial charge is 0.0131 e. The van der Waals surface area contributed by atoms with E-state index in [9.17, 15) is 0 Å². The van der Waals surface area contributed by atoms with E-state index in [0.29, 0.717) is 5.41 Å². The Morgan fingerprint density at radius 3 is 2.42 bits per heavy atom. The van der Waals surface area contributed by atoms with Crippen LogP contribution in [0.5, 0.6) is 0 Å². The largest absolute Gasteiger partial charge is 0.325 e. The first-order chi connectivity index (χ1) is 5.47. The summed E-state index contributed by atoms with van der Waals surface area (Å²) in [6, 6.07) is 0. The summed E-state index contributed by atoms with van der Waals surface area (Å²) >= 11 is 0. The summed E-state index contributed by atoms with van der Waals surface area (Å²) in [6.45, 7) is 6.88. The maximum Gasteiger partial charge on any atom is 0.0131 e. The van der Waals surface area contributed by atoms with Crippen molar-refractivity contribution >= 4 is 0 Å². The second-order valence-electron chi connectivity index (χ2n) is 5.25. The van der Waals surface area contributed by atoms with Gasteiger partial charge in [-0.15, -0.1) is 0 Å². The summed E-state index contributed by atoms with van der Waals surface area (Å²) in [5.41, 5.74) is 6.84. The van der Waals surface area contributed by atoms with Crippen molar-refractivity contribution in [1.29, 1.82) is 0 Å². The third kappa shape index (κ3) is 2.48. The van der Waals surface area contributed by atoms with Gasteiger partial charge in [0.1, 0.15) is 0 Å². The highest BCUT2D eigenvalue weighted by atomic mass is 14.7. The third-order valence-electron chi connectivity index (χ3n) is 3.21. The first-order valence-electron chi connectivity index (χ1n) is 5.26. The van der Waals surface area contributed by atoms with Crippen LogP contribution in [0.15, 0.2) is 0 Å². The molecule has 0 radical (unpaired) electrons. The fourth-order valence-corrected chi connectivity index (χ4v) is 2.89. The standard InChI is InChI=1S/C11H23N/c1-4-6-10(2)7-5-8-11(3,12)9-10/h4-9,12H2,1-3H3. The highest BCUT2D eigenvalue weighted by Crippen LogP contribution is 2.42. The molecule has 1 saturated carbocycles. The molecule has 2 unspecified atom stereocenters. The Labute approximate surface area is 76.7 Å². The zero-order valence-electron chi connectivity index (χ0n) is 8.82. The molecule has 1 aliphatic rings. The van der Waals surface area contributed by atoms with Crippen LogP contribution in [0.25, 0.3) is 0 Å². The summed E-state index contributed by atoms with van der Waals surface area (Å²) in [5.74, 6) is 0. The summed E-state index contributed by atoms with van der Waals surface area (Å²) in [4.78, 5) is 0. The normalized spacial score (nSPS) is 43.0. The van der Waals surface area contributed by atoms with Crippen molar-refractivity contribution in [1.82, 2.24) is 0 Å². The van der Waals surface area contributed by atoms with E-state index in [0.717, 1.165) is 0 Å². The molecule has 1 heteroatoms. The summed E-state index contributed by atoms with van der Waals surface area (Å²) in [6.07, 6.45) is 7.78. The van der Waals surface area contributed by atoms with E-state index in [1.165, 1.54) is 38.5 Å². The maximum atomic E-state index is 6.18. The Morgan fingerprint density at radius 2 is 1.92 bits per heavy atom. The lowest BCUT2D eigenvalue weighted by atomic mass is 9.66. The van der Waals surface area contributed by atoms with Crippen LogP contribution < -0.4 is 5.73 Å². The molecular weight excluding hydrogens is 146 g/mol. The Bertz CT molecular complexity index is 147. The molecule has 0 aromatic rings. The van der Waals surface area contributed by atoms with Crippen LogP contribution in [0.3, 0.4) is 0 Å². The predicted molar refractivity (Wildman–Crippen MR) is 54.1 cm³/mol. The molecule has 1 fully saturated rings. The van der Waals surface area contributed by atoms with E-state index in [2.05, 4.69) is 20.8 Å². The van der Waals surface area contributed by atoms with Gasteiger partial charge in [0.25, 0.3) is 0 Å². The second-order valence-corrected chi connectivity index (χ2v) is 5.25. The topological polar surface area (TPSA) is 26.0 Å². The maximum absolute atomic E-state index is 6.18. The fourth-order valence-electron chi connectivity index (χ4n) is 2.89. The predicted octanol–water partition coefficient (Wildman–Crippen LogP) is 3.08. The van der Waals surface area contributed by atoms with Gasteiger partial charge in [-0.25, -0.2) is 0 Å². The quantitative estimate of drug-likeness (QED) is 0.675. The van der Waals surface area contributed by atoms with Gasteiger partial charge >= 0.3 is 0 Å². The molecule has 72 valence electrons. The average Bonchev–Trinajstić information content (AvgIpc) is 1.83. The average molecular weight is 169 g/mol. The van der Waals surface area contributed by atoms with Gasteiger partial charge in [0, 0.05) is 5.54 Å². The molecule has 0 heterocycles. The van der Waals surface area contributed by atoms with Crippen LogP contribution in [0.4, 0.5) is 0 Å². The molecule has 0 bridgehead atoms. The second kappa shape index (κ2) is 3.37. The summed E-state index contributed by atoms with van der Waals surface area (Å²) < 4.78 is 0. The van der Waals surface area contributed by atoms with Gasteiger partial charge in [-0.2, -0.15) is 0 Å². The third-order valence-corrected chi connectivity index (χ3v) is 3.21. The lowest BCUT2D eigenvalue weighted by Crippen LogP contribution is -2.44. The number of rotatable bonds is 2. The van der Waals surface area contributed by atoms with Gasteiger partial charge in [-0.1, -0.05) is 26.7 Å². The van der Waals surface area contributed by atoms with Gasteiger partial charge in [0.05, 0.1) is 0 Å². The molecule has 1 rings (SSSR count). The van der Waals surface area contributed by atoms with Crippen molar-refractivity contribution in [3.8, 4) is 0 Å². The molecule has 1 aliphatic carbocycles. The molecular formula is C11H23N. The first kappa shape index (κ1) is 10.0. The van der Waals surface area contributed by atoms with Gasteiger partial charge in [0.2, 0.25) is 0 Å². The number of hydrogen-bond acceptors (Lipinski definition) is 1. The summed E-state index contributed by atoms with van der Waals surface area (Å²) in [5, 5.41) is 0. The Kier molecular flexibility index (Phi) is 2.82. The van der Waals surface area contributed by atoms with Crippen LogP contribution in [0.2, 0.25) is 0 Å². The van der Waals surface area contributed by atoms with Crippen LogP contribution in [0.1, 0.15) is 59.3 Å². The molecule has 0 saturated heterocycles. The molecule has 2 N–H and O–H groups in total. The Balaban J connectivity index is 2.55. The van der Waals surface area contributed by atoms with Crippen molar-refractivity contribution in [3.05, 3.63) is 0 Å². The monoisotopic (exact) mass is 169 g/mol. The van der Waals surface area contributed by atoms with Gasteiger partial charge in [-0.3, -0.25) is 0 Å². The lowest BCUT2D eigenvalue weighted by Gasteiger charge is -2.42. The first-order valence-corrected chi connectivity index (χ1v) is 5.26. The van der Waals surface area contributed by atoms with E-state index in [-0.39, 0.29) is 5.54 Å². The molecule has 2 atom stereocenters. The van der Waals surface area contributed by atoms with Crippen molar-refractivity contribution in [2.45, 2.75) is 64.8 Å². The molecule has 0 aromatic heterocycles. The van der Waals surface area contributed by atoms with Crippen molar-refractivity contribution in [2.75, 3.05) is 0 Å². The minimum Gasteiger partial charge on any atom is -0.325 e. The number of hydrogen-bond donors (Lipinski definition) is 1. The lowest BCUT2D eigenvalue weighted by molar-refractivity contribution is 0.132. The zero-order valence-corrected chi connectivity index (χ0v) is 8.82. The minimum atomic E-state index is 0.113. The highest BCUT2D eigenvalue weighted by molar-refractivity contribution is 4.92.